The number of nitrogens with one attached hydrogen (secondary N) is 2. The topological polar surface area (TPSA) is 95.6 Å². The fourth-order valence-corrected chi connectivity index (χ4v) is 3.90. The standard InChI is InChI=1S/C17H16FN3O4S/c18-14-3-1-2-4-15(14)20-17(23)12-5-7-13(8-6-12)26(24,25)21-10-9-19-16(22)11-21/h1-8H,9-11H2,(H,19,22)(H,20,23). The Labute approximate surface area is 149 Å². The molecule has 1 heterocycles. The molecule has 1 fully saturated rings. The Morgan fingerprint density at radius 2 is 1.81 bits per heavy atom. The highest BCUT2D eigenvalue weighted by Crippen LogP contribution is 2.18. The summed E-state index contributed by atoms with van der Waals surface area (Å²) in [6.07, 6.45) is 0. The maximum absolute atomic E-state index is 13.6. The lowest BCUT2D eigenvalue weighted by Crippen LogP contribution is -2.49. The minimum Gasteiger partial charge on any atom is -0.354 e. The van der Waals surface area contributed by atoms with Crippen molar-refractivity contribution in [1.82, 2.24) is 9.62 Å². The molecule has 1 aliphatic rings. The predicted octanol–water partition coefficient (Wildman–Crippen LogP) is 1.20. The zero-order valence-corrected chi connectivity index (χ0v) is 14.4. The summed E-state index contributed by atoms with van der Waals surface area (Å²) in [5.41, 5.74) is 0.220. The molecule has 7 nitrogen and oxygen atoms in total. The maximum Gasteiger partial charge on any atom is 0.255 e. The Balaban J connectivity index is 1.76. The summed E-state index contributed by atoms with van der Waals surface area (Å²) in [6, 6.07) is 11.0. The van der Waals surface area contributed by atoms with Crippen molar-refractivity contribution in [2.24, 2.45) is 0 Å². The first-order valence-electron chi connectivity index (χ1n) is 7.81. The van der Waals surface area contributed by atoms with Crippen LogP contribution in [0.2, 0.25) is 0 Å². The van der Waals surface area contributed by atoms with Gasteiger partial charge in [-0.15, -0.1) is 0 Å². The molecule has 2 amide bonds. The van der Waals surface area contributed by atoms with Gasteiger partial charge in [-0.25, -0.2) is 12.8 Å². The lowest BCUT2D eigenvalue weighted by atomic mass is 10.2. The van der Waals surface area contributed by atoms with E-state index in [1.165, 1.54) is 42.5 Å². The van der Waals surface area contributed by atoms with Crippen LogP contribution in [0.25, 0.3) is 0 Å². The third-order valence-corrected chi connectivity index (χ3v) is 5.74. The van der Waals surface area contributed by atoms with E-state index in [9.17, 15) is 22.4 Å². The van der Waals surface area contributed by atoms with Gasteiger partial charge in [0, 0.05) is 18.7 Å². The number of nitrogens with zero attached hydrogens (tertiary/aromatic N) is 1. The number of halogens is 1. The summed E-state index contributed by atoms with van der Waals surface area (Å²) in [5, 5.41) is 4.99. The van der Waals surface area contributed by atoms with Crippen LogP contribution in [0.5, 0.6) is 0 Å². The quantitative estimate of drug-likeness (QED) is 0.837. The smallest absolute Gasteiger partial charge is 0.255 e. The normalized spacial score (nSPS) is 15.3. The molecular weight excluding hydrogens is 361 g/mol. The Morgan fingerprint density at radius 1 is 1.12 bits per heavy atom. The molecule has 0 aliphatic carbocycles. The van der Waals surface area contributed by atoms with Gasteiger partial charge in [-0.3, -0.25) is 9.59 Å². The van der Waals surface area contributed by atoms with E-state index in [2.05, 4.69) is 10.6 Å². The number of hydrogen-bond acceptors (Lipinski definition) is 4. The molecule has 1 saturated heterocycles. The minimum atomic E-state index is -3.82. The molecule has 0 bridgehead atoms. The number of carbonyl (C=O) groups excluding carboxylic acids is 2. The van der Waals surface area contributed by atoms with Gasteiger partial charge in [0.15, 0.2) is 0 Å². The van der Waals surface area contributed by atoms with Gasteiger partial charge in [0.2, 0.25) is 15.9 Å². The van der Waals surface area contributed by atoms with E-state index in [0.717, 1.165) is 4.31 Å². The van der Waals surface area contributed by atoms with Gasteiger partial charge in [-0.2, -0.15) is 4.31 Å². The second-order valence-electron chi connectivity index (χ2n) is 5.65. The van der Waals surface area contributed by atoms with E-state index in [1.807, 2.05) is 0 Å². The van der Waals surface area contributed by atoms with Crippen LogP contribution in [0.3, 0.4) is 0 Å². The molecule has 0 radical (unpaired) electrons. The SMILES string of the molecule is O=C1CN(S(=O)(=O)c2ccc(C(=O)Nc3ccccc3F)cc2)CCN1. The average molecular weight is 377 g/mol. The molecule has 9 heteroatoms. The van der Waals surface area contributed by atoms with Gasteiger partial charge in [-0.05, 0) is 36.4 Å². The molecule has 2 N–H and O–H groups in total. The predicted molar refractivity (Wildman–Crippen MR) is 92.6 cm³/mol. The molecular formula is C17H16FN3O4S. The number of carbonyl (C=O) groups is 2. The van der Waals surface area contributed by atoms with Crippen LogP contribution in [-0.4, -0.2) is 44.2 Å². The van der Waals surface area contributed by atoms with Crippen LogP contribution in [-0.2, 0) is 14.8 Å². The Kier molecular flexibility index (Phi) is 5.01. The monoisotopic (exact) mass is 377 g/mol. The summed E-state index contributed by atoms with van der Waals surface area (Å²) in [4.78, 5) is 23.6. The van der Waals surface area contributed by atoms with Crippen molar-refractivity contribution < 1.29 is 22.4 Å². The first-order chi connectivity index (χ1) is 12.4. The second kappa shape index (κ2) is 7.22. The molecule has 0 aromatic heterocycles. The molecule has 0 atom stereocenters. The van der Waals surface area contributed by atoms with Crippen molar-refractivity contribution in [2.75, 3.05) is 25.0 Å². The summed E-state index contributed by atoms with van der Waals surface area (Å²) in [5.74, 6) is -1.49. The van der Waals surface area contributed by atoms with Crippen molar-refractivity contribution in [3.05, 3.63) is 59.9 Å². The number of benzene rings is 2. The zero-order valence-electron chi connectivity index (χ0n) is 13.6. The van der Waals surface area contributed by atoms with Gasteiger partial charge < -0.3 is 10.6 Å². The van der Waals surface area contributed by atoms with Crippen LogP contribution in [0.15, 0.2) is 53.4 Å². The van der Waals surface area contributed by atoms with Crippen LogP contribution >= 0.6 is 0 Å². The highest BCUT2D eigenvalue weighted by atomic mass is 32.2. The van der Waals surface area contributed by atoms with E-state index in [4.69, 9.17) is 0 Å². The second-order valence-corrected chi connectivity index (χ2v) is 7.58. The lowest BCUT2D eigenvalue weighted by Gasteiger charge is -2.25. The van der Waals surface area contributed by atoms with Gasteiger partial charge in [0.25, 0.3) is 5.91 Å². The van der Waals surface area contributed by atoms with Crippen LogP contribution in [0, 0.1) is 5.82 Å². The Morgan fingerprint density at radius 3 is 2.46 bits per heavy atom. The summed E-state index contributed by atoms with van der Waals surface area (Å²) in [6.45, 7) is 0.197. The molecule has 2 aromatic rings. The van der Waals surface area contributed by atoms with Gasteiger partial charge >= 0.3 is 0 Å². The fourth-order valence-electron chi connectivity index (χ4n) is 2.50. The van der Waals surface area contributed by atoms with Gasteiger partial charge in [-0.1, -0.05) is 12.1 Å². The molecule has 0 saturated carbocycles. The number of para-hydroxylation sites is 1. The zero-order chi connectivity index (χ0) is 18.7. The van der Waals surface area contributed by atoms with E-state index in [0.29, 0.717) is 0 Å². The van der Waals surface area contributed by atoms with E-state index >= 15 is 0 Å². The van der Waals surface area contributed by atoms with Crippen LogP contribution in [0.4, 0.5) is 10.1 Å². The molecule has 136 valence electrons. The third-order valence-electron chi connectivity index (χ3n) is 3.88. The number of amides is 2. The van der Waals surface area contributed by atoms with E-state index < -0.39 is 21.7 Å². The molecule has 0 unspecified atom stereocenters. The summed E-state index contributed by atoms with van der Waals surface area (Å²) >= 11 is 0. The highest BCUT2D eigenvalue weighted by molar-refractivity contribution is 7.89. The minimum absolute atomic E-state index is 0.0189. The number of hydrogen-bond donors (Lipinski definition) is 2. The van der Waals surface area contributed by atoms with Crippen LogP contribution < -0.4 is 10.6 Å². The van der Waals surface area contributed by atoms with Crippen LogP contribution in [0.1, 0.15) is 10.4 Å². The Hall–Kier alpha value is -2.78. The van der Waals surface area contributed by atoms with Crippen molar-refractivity contribution >= 4 is 27.5 Å². The fraction of sp³-hybridized carbons (Fsp3) is 0.176. The van der Waals surface area contributed by atoms with Gasteiger partial charge in [0.1, 0.15) is 5.82 Å². The maximum atomic E-state index is 13.6. The molecule has 3 rings (SSSR count). The van der Waals surface area contributed by atoms with Crippen molar-refractivity contribution in [3.63, 3.8) is 0 Å². The first-order valence-corrected chi connectivity index (χ1v) is 9.25. The molecule has 2 aromatic carbocycles. The van der Waals surface area contributed by atoms with E-state index in [-0.39, 0.29) is 41.7 Å². The number of sulfonamides is 1. The third kappa shape index (κ3) is 3.73. The number of piperazine rings is 1. The Bertz CT molecular complexity index is 945. The number of anilines is 1. The van der Waals surface area contributed by atoms with Gasteiger partial charge in [0.05, 0.1) is 17.1 Å². The highest BCUT2D eigenvalue weighted by Gasteiger charge is 2.29. The molecule has 26 heavy (non-hydrogen) atoms. The largest absolute Gasteiger partial charge is 0.354 e. The van der Waals surface area contributed by atoms with Crippen molar-refractivity contribution in [3.8, 4) is 0 Å². The first kappa shape index (κ1) is 18.0. The number of rotatable bonds is 4. The molecule has 0 spiro atoms. The average Bonchev–Trinajstić information content (AvgIpc) is 2.63. The van der Waals surface area contributed by atoms with E-state index in [1.54, 1.807) is 6.07 Å². The van der Waals surface area contributed by atoms with Crippen molar-refractivity contribution in [1.29, 1.82) is 0 Å². The molecule has 1 aliphatic heterocycles. The summed E-state index contributed by atoms with van der Waals surface area (Å²) < 4.78 is 39.8. The lowest BCUT2D eigenvalue weighted by molar-refractivity contribution is -0.122. The van der Waals surface area contributed by atoms with Crippen molar-refractivity contribution in [2.45, 2.75) is 4.90 Å². The summed E-state index contributed by atoms with van der Waals surface area (Å²) in [7, 11) is -3.82.